The molecule has 1 N–H and O–H groups in total. The van der Waals surface area contributed by atoms with Crippen molar-refractivity contribution in [2.45, 2.75) is 77.3 Å². The standard InChI is InChI=1S/C31H35F2N5O4S/c1-6-7-11-26-25(28(39)38(20(2)36-26)30-34-18-23(19-35-30)42-29(32)33)17-21-13-15-22(16-14-21)24-10-8-9-12-27(24)43(40,41)37-31(3,4)5/h8-10,12-16,18-19,29,37H,6-7,11,17H2,1-5H3. The molecule has 0 amide bonds. The minimum absolute atomic E-state index is 0.00283. The third-order valence-electron chi connectivity index (χ3n) is 6.50. The topological polar surface area (TPSA) is 116 Å². The van der Waals surface area contributed by atoms with E-state index in [0.717, 1.165) is 30.8 Å². The predicted molar refractivity (Wildman–Crippen MR) is 160 cm³/mol. The van der Waals surface area contributed by atoms with Gasteiger partial charge in [-0.15, -0.1) is 0 Å². The number of nitrogens with one attached hydrogen (secondary N) is 1. The summed E-state index contributed by atoms with van der Waals surface area (Å²) in [5.74, 6) is 0.150. The van der Waals surface area contributed by atoms with Crippen LogP contribution in [0.4, 0.5) is 8.78 Å². The number of alkyl halides is 2. The van der Waals surface area contributed by atoms with Crippen LogP contribution in [-0.4, -0.2) is 40.1 Å². The Balaban J connectivity index is 1.70. The number of aryl methyl sites for hydroxylation is 2. The first-order chi connectivity index (χ1) is 20.3. The zero-order chi connectivity index (χ0) is 31.4. The summed E-state index contributed by atoms with van der Waals surface area (Å²) in [6.07, 6.45) is 4.79. The third-order valence-corrected chi connectivity index (χ3v) is 8.32. The van der Waals surface area contributed by atoms with Gasteiger partial charge in [-0.3, -0.25) is 4.79 Å². The first kappa shape index (κ1) is 31.9. The molecule has 2 heterocycles. The summed E-state index contributed by atoms with van der Waals surface area (Å²) >= 11 is 0. The molecule has 0 aliphatic rings. The molecule has 0 saturated heterocycles. The highest BCUT2D eigenvalue weighted by Gasteiger charge is 2.25. The summed E-state index contributed by atoms with van der Waals surface area (Å²) in [4.78, 5) is 26.8. The second kappa shape index (κ2) is 13.1. The lowest BCUT2D eigenvalue weighted by Crippen LogP contribution is -2.40. The maximum absolute atomic E-state index is 13.8. The van der Waals surface area contributed by atoms with Crippen molar-refractivity contribution in [3.05, 3.63) is 93.9 Å². The number of rotatable bonds is 11. The second-order valence-electron chi connectivity index (χ2n) is 11.2. The molecule has 0 aliphatic carbocycles. The fourth-order valence-electron chi connectivity index (χ4n) is 4.67. The molecule has 12 heteroatoms. The zero-order valence-electron chi connectivity index (χ0n) is 24.8. The largest absolute Gasteiger partial charge is 0.432 e. The first-order valence-electron chi connectivity index (χ1n) is 13.9. The molecular formula is C31H35F2N5O4S. The molecule has 2 aromatic carbocycles. The molecule has 4 aromatic rings. The van der Waals surface area contributed by atoms with E-state index in [2.05, 4.69) is 26.4 Å². The van der Waals surface area contributed by atoms with Crippen LogP contribution >= 0.6 is 0 Å². The number of ether oxygens (including phenoxy) is 1. The Labute approximate surface area is 250 Å². The smallest absolute Gasteiger partial charge is 0.387 e. The Morgan fingerprint density at radius 3 is 2.28 bits per heavy atom. The monoisotopic (exact) mass is 611 g/mol. The lowest BCUT2D eigenvalue weighted by atomic mass is 9.98. The number of hydrogen-bond donors (Lipinski definition) is 1. The van der Waals surface area contributed by atoms with Crippen molar-refractivity contribution in [2.75, 3.05) is 0 Å². The molecule has 0 unspecified atom stereocenters. The lowest BCUT2D eigenvalue weighted by molar-refractivity contribution is -0.0503. The summed E-state index contributed by atoms with van der Waals surface area (Å²) in [5, 5.41) is 0. The number of halogens is 2. The molecule has 0 atom stereocenters. The number of aromatic nitrogens is 4. The van der Waals surface area contributed by atoms with Crippen LogP contribution in [0.5, 0.6) is 5.75 Å². The van der Waals surface area contributed by atoms with Gasteiger partial charge < -0.3 is 4.74 Å². The number of nitrogens with zero attached hydrogens (tertiary/aromatic N) is 4. The molecule has 0 aliphatic heterocycles. The maximum Gasteiger partial charge on any atom is 0.387 e. The predicted octanol–water partition coefficient (Wildman–Crippen LogP) is 5.61. The third kappa shape index (κ3) is 7.88. The van der Waals surface area contributed by atoms with E-state index in [-0.39, 0.29) is 28.6 Å². The number of benzene rings is 2. The van der Waals surface area contributed by atoms with Gasteiger partial charge in [0.05, 0.1) is 23.0 Å². The Hall–Kier alpha value is -4.03. The fourth-order valence-corrected chi connectivity index (χ4v) is 6.32. The number of hydrogen-bond acceptors (Lipinski definition) is 7. The fraction of sp³-hybridized carbons (Fsp3) is 0.355. The van der Waals surface area contributed by atoms with Gasteiger partial charge >= 0.3 is 6.61 Å². The minimum atomic E-state index is -3.78. The van der Waals surface area contributed by atoms with Crippen LogP contribution in [0, 0.1) is 6.92 Å². The van der Waals surface area contributed by atoms with Crippen molar-refractivity contribution in [1.82, 2.24) is 24.2 Å². The van der Waals surface area contributed by atoms with E-state index in [4.69, 9.17) is 4.98 Å². The highest BCUT2D eigenvalue weighted by Crippen LogP contribution is 2.29. The maximum atomic E-state index is 13.8. The molecule has 0 fully saturated rings. The SMILES string of the molecule is CCCCc1nc(C)n(-c2ncc(OC(F)F)cn2)c(=O)c1Cc1ccc(-c2ccccc2S(=O)(=O)NC(C)(C)C)cc1. The van der Waals surface area contributed by atoms with Crippen molar-refractivity contribution in [1.29, 1.82) is 0 Å². The van der Waals surface area contributed by atoms with Crippen LogP contribution in [0.25, 0.3) is 17.1 Å². The average molecular weight is 612 g/mol. The van der Waals surface area contributed by atoms with E-state index in [1.165, 1.54) is 4.57 Å². The molecule has 9 nitrogen and oxygen atoms in total. The van der Waals surface area contributed by atoms with E-state index in [1.54, 1.807) is 52.0 Å². The second-order valence-corrected chi connectivity index (χ2v) is 12.8. The van der Waals surface area contributed by atoms with Crippen molar-refractivity contribution in [3.63, 3.8) is 0 Å². The number of unbranched alkanes of at least 4 members (excludes halogenated alkanes) is 1. The van der Waals surface area contributed by atoms with Gasteiger partial charge in [0.25, 0.3) is 5.56 Å². The molecule has 0 spiro atoms. The van der Waals surface area contributed by atoms with Crippen LogP contribution < -0.4 is 15.0 Å². The average Bonchev–Trinajstić information content (AvgIpc) is 2.93. The lowest BCUT2D eigenvalue weighted by Gasteiger charge is -2.21. The number of sulfonamides is 1. The van der Waals surface area contributed by atoms with Crippen LogP contribution in [0.15, 0.2) is 70.6 Å². The summed E-state index contributed by atoms with van der Waals surface area (Å²) in [7, 11) is -3.78. The summed E-state index contributed by atoms with van der Waals surface area (Å²) in [6.45, 7) is 6.06. The van der Waals surface area contributed by atoms with Crippen molar-refractivity contribution in [3.8, 4) is 22.8 Å². The van der Waals surface area contributed by atoms with Gasteiger partial charge in [0.15, 0.2) is 5.75 Å². The van der Waals surface area contributed by atoms with Gasteiger partial charge in [0.1, 0.15) is 5.82 Å². The van der Waals surface area contributed by atoms with Crippen LogP contribution in [0.2, 0.25) is 0 Å². The summed E-state index contributed by atoms with van der Waals surface area (Å²) in [5.41, 5.74) is 2.25. The molecule has 228 valence electrons. The van der Waals surface area contributed by atoms with Crippen LogP contribution in [0.3, 0.4) is 0 Å². The van der Waals surface area contributed by atoms with E-state index in [1.807, 2.05) is 24.3 Å². The quantitative estimate of drug-likeness (QED) is 0.234. The highest BCUT2D eigenvalue weighted by atomic mass is 32.2. The van der Waals surface area contributed by atoms with E-state index >= 15 is 0 Å². The zero-order valence-corrected chi connectivity index (χ0v) is 25.6. The van der Waals surface area contributed by atoms with Gasteiger partial charge in [0, 0.05) is 23.1 Å². The van der Waals surface area contributed by atoms with Crippen molar-refractivity contribution >= 4 is 10.0 Å². The Kier molecular flexibility index (Phi) is 9.71. The Morgan fingerprint density at radius 2 is 1.67 bits per heavy atom. The molecule has 2 aromatic heterocycles. The van der Waals surface area contributed by atoms with E-state index in [0.29, 0.717) is 34.6 Å². The molecular weight excluding hydrogens is 576 g/mol. The molecule has 4 rings (SSSR count). The Morgan fingerprint density at radius 1 is 1.02 bits per heavy atom. The van der Waals surface area contributed by atoms with Gasteiger partial charge in [-0.05, 0) is 57.7 Å². The van der Waals surface area contributed by atoms with Crippen LogP contribution in [-0.2, 0) is 22.9 Å². The van der Waals surface area contributed by atoms with Gasteiger partial charge in [0.2, 0.25) is 16.0 Å². The first-order valence-corrected chi connectivity index (χ1v) is 15.4. The molecule has 43 heavy (non-hydrogen) atoms. The van der Waals surface area contributed by atoms with Crippen molar-refractivity contribution in [2.24, 2.45) is 0 Å². The molecule has 0 saturated carbocycles. The van der Waals surface area contributed by atoms with E-state index in [9.17, 15) is 22.0 Å². The molecule has 0 bridgehead atoms. The summed E-state index contributed by atoms with van der Waals surface area (Å²) < 4.78 is 59.7. The molecule has 0 radical (unpaired) electrons. The minimum Gasteiger partial charge on any atom is -0.432 e. The Bertz CT molecular complexity index is 1730. The van der Waals surface area contributed by atoms with Crippen LogP contribution in [0.1, 0.15) is 63.2 Å². The van der Waals surface area contributed by atoms with E-state index < -0.39 is 22.2 Å². The highest BCUT2D eigenvalue weighted by molar-refractivity contribution is 7.89. The normalized spacial score (nSPS) is 12.1. The summed E-state index contributed by atoms with van der Waals surface area (Å²) in [6, 6.07) is 14.2. The van der Waals surface area contributed by atoms with Gasteiger partial charge in [-0.1, -0.05) is 55.8 Å². The van der Waals surface area contributed by atoms with Gasteiger partial charge in [-0.2, -0.15) is 8.78 Å². The van der Waals surface area contributed by atoms with Crippen molar-refractivity contribution < 1.29 is 21.9 Å². The van der Waals surface area contributed by atoms with Gasteiger partial charge in [-0.25, -0.2) is 32.7 Å².